The number of carbonyl (C=O) groups is 3. The molecule has 2 aliphatic rings. The molecule has 0 fully saturated rings. The lowest BCUT2D eigenvalue weighted by Gasteiger charge is -2.25. The van der Waals surface area contributed by atoms with E-state index < -0.39 is 29.3 Å². The number of rotatable bonds is 4. The molecule has 0 saturated carbocycles. The molecule has 0 saturated heterocycles. The Morgan fingerprint density at radius 1 is 1.23 bits per heavy atom. The van der Waals surface area contributed by atoms with Gasteiger partial charge in [-0.15, -0.1) is 0 Å². The molecule has 0 spiro atoms. The molecular formula is C23H24N2O6. The Labute approximate surface area is 179 Å². The number of hydrogen-bond donors (Lipinski definition) is 2. The van der Waals surface area contributed by atoms with Gasteiger partial charge in [-0.05, 0) is 31.9 Å². The summed E-state index contributed by atoms with van der Waals surface area (Å²) in [7, 11) is 0. The van der Waals surface area contributed by atoms with Crippen LogP contribution in [0.4, 0.5) is 16.2 Å². The van der Waals surface area contributed by atoms with Crippen LogP contribution in [0.2, 0.25) is 0 Å². The van der Waals surface area contributed by atoms with Crippen LogP contribution in [-0.4, -0.2) is 41.6 Å². The molecule has 8 nitrogen and oxygen atoms in total. The van der Waals surface area contributed by atoms with Crippen LogP contribution in [0, 0.1) is 0 Å². The summed E-state index contributed by atoms with van der Waals surface area (Å²) in [6.45, 7) is 5.34. The number of fused-ring (bicyclic) bond motifs is 3. The van der Waals surface area contributed by atoms with E-state index in [2.05, 4.69) is 5.32 Å². The minimum atomic E-state index is -0.764. The lowest BCUT2D eigenvalue weighted by molar-refractivity contribution is -0.112. The molecule has 1 atom stereocenters. The van der Waals surface area contributed by atoms with Crippen molar-refractivity contribution in [1.29, 1.82) is 0 Å². The van der Waals surface area contributed by atoms with Crippen LogP contribution >= 0.6 is 0 Å². The normalized spacial score (nSPS) is 17.3. The predicted molar refractivity (Wildman–Crippen MR) is 114 cm³/mol. The second-order valence-electron chi connectivity index (χ2n) is 8.59. The van der Waals surface area contributed by atoms with E-state index in [1.807, 2.05) is 30.3 Å². The number of carbonyl (C=O) groups excluding carboxylic acids is 3. The van der Waals surface area contributed by atoms with Gasteiger partial charge in [0.15, 0.2) is 0 Å². The lowest BCUT2D eigenvalue weighted by Crippen LogP contribution is -2.36. The second-order valence-corrected chi connectivity index (χ2v) is 8.59. The molecule has 1 unspecified atom stereocenters. The fourth-order valence-electron chi connectivity index (χ4n) is 3.84. The van der Waals surface area contributed by atoms with Gasteiger partial charge in [-0.2, -0.15) is 0 Å². The Hall–Kier alpha value is -3.39. The first kappa shape index (κ1) is 20.9. The van der Waals surface area contributed by atoms with Crippen molar-refractivity contribution in [2.24, 2.45) is 0 Å². The molecule has 8 heteroatoms. The summed E-state index contributed by atoms with van der Waals surface area (Å²) < 4.78 is 11.5. The minimum Gasteiger partial charge on any atom is -0.487 e. The molecule has 162 valence electrons. The van der Waals surface area contributed by atoms with Gasteiger partial charge in [-0.3, -0.25) is 14.5 Å². The van der Waals surface area contributed by atoms with Crippen molar-refractivity contribution < 1.29 is 29.0 Å². The highest BCUT2D eigenvalue weighted by atomic mass is 16.6. The first-order chi connectivity index (χ1) is 14.7. The maximum absolute atomic E-state index is 12.8. The smallest absolute Gasteiger partial charge is 0.414 e. The van der Waals surface area contributed by atoms with E-state index in [9.17, 15) is 19.5 Å². The van der Waals surface area contributed by atoms with Crippen molar-refractivity contribution in [3.63, 3.8) is 0 Å². The highest BCUT2D eigenvalue weighted by molar-refractivity contribution is 6.52. The van der Waals surface area contributed by atoms with Crippen molar-refractivity contribution in [3.05, 3.63) is 53.1 Å². The van der Waals surface area contributed by atoms with Gasteiger partial charge in [0, 0.05) is 18.5 Å². The number of ketones is 1. The van der Waals surface area contributed by atoms with Gasteiger partial charge in [0.1, 0.15) is 18.0 Å². The Kier molecular flexibility index (Phi) is 5.18. The van der Waals surface area contributed by atoms with Gasteiger partial charge in [0.25, 0.3) is 11.7 Å². The lowest BCUT2D eigenvalue weighted by atomic mass is 9.93. The Bertz CT molecular complexity index is 1060. The molecule has 4 rings (SSSR count). The van der Waals surface area contributed by atoms with Gasteiger partial charge in [0.2, 0.25) is 0 Å². The molecule has 2 aromatic carbocycles. The number of amides is 2. The number of aliphatic hydroxyl groups is 1. The third-order valence-corrected chi connectivity index (χ3v) is 5.15. The highest BCUT2D eigenvalue weighted by Gasteiger charge is 2.43. The van der Waals surface area contributed by atoms with Crippen molar-refractivity contribution in [3.8, 4) is 5.75 Å². The maximum Gasteiger partial charge on any atom is 0.414 e. The Balaban J connectivity index is 1.78. The molecule has 2 aliphatic heterocycles. The molecule has 2 N–H and O–H groups in total. The van der Waals surface area contributed by atoms with E-state index in [1.54, 1.807) is 26.8 Å². The average molecular weight is 424 g/mol. The van der Waals surface area contributed by atoms with Crippen molar-refractivity contribution in [1.82, 2.24) is 0 Å². The average Bonchev–Trinajstić information content (AvgIpc) is 3.23. The van der Waals surface area contributed by atoms with E-state index in [4.69, 9.17) is 9.47 Å². The van der Waals surface area contributed by atoms with Crippen LogP contribution in [0.25, 0.3) is 0 Å². The van der Waals surface area contributed by atoms with Crippen LogP contribution in [0.3, 0.4) is 0 Å². The van der Waals surface area contributed by atoms with Crippen LogP contribution in [0.1, 0.15) is 48.2 Å². The summed E-state index contributed by atoms with van der Waals surface area (Å²) in [5.74, 6) is -1.71. The van der Waals surface area contributed by atoms with Gasteiger partial charge in [-0.25, -0.2) is 4.79 Å². The molecule has 31 heavy (non-hydrogen) atoms. The summed E-state index contributed by atoms with van der Waals surface area (Å²) in [5, 5.41) is 12.5. The summed E-state index contributed by atoms with van der Waals surface area (Å²) >= 11 is 0. The van der Waals surface area contributed by atoms with E-state index in [0.29, 0.717) is 11.3 Å². The van der Waals surface area contributed by atoms with Crippen molar-refractivity contribution in [2.45, 2.75) is 38.9 Å². The third kappa shape index (κ3) is 3.86. The van der Waals surface area contributed by atoms with Crippen LogP contribution in [-0.2, 0) is 16.1 Å². The number of benzene rings is 2. The van der Waals surface area contributed by atoms with E-state index in [0.717, 1.165) is 5.56 Å². The predicted octanol–water partition coefficient (Wildman–Crippen LogP) is 3.23. The molecule has 0 bridgehead atoms. The maximum atomic E-state index is 12.8. The summed E-state index contributed by atoms with van der Waals surface area (Å²) in [4.78, 5) is 39.1. The number of nitrogens with zero attached hydrogens (tertiary/aromatic N) is 1. The topological polar surface area (TPSA) is 105 Å². The quantitative estimate of drug-likeness (QED) is 0.730. The second kappa shape index (κ2) is 7.70. The molecular weight excluding hydrogens is 400 g/mol. The summed E-state index contributed by atoms with van der Waals surface area (Å²) in [6.07, 6.45) is -0.594. The van der Waals surface area contributed by atoms with Crippen LogP contribution in [0.5, 0.6) is 5.75 Å². The number of aliphatic hydroxyl groups excluding tert-OH is 1. The van der Waals surface area contributed by atoms with Crippen molar-refractivity contribution in [2.75, 3.05) is 23.4 Å². The third-order valence-electron chi connectivity index (χ3n) is 5.15. The molecule has 2 aromatic rings. The first-order valence-corrected chi connectivity index (χ1v) is 10.0. The number of anilines is 2. The van der Waals surface area contributed by atoms with Gasteiger partial charge >= 0.3 is 6.09 Å². The largest absolute Gasteiger partial charge is 0.487 e. The molecule has 2 amide bonds. The van der Waals surface area contributed by atoms with Gasteiger partial charge < -0.3 is 19.9 Å². The van der Waals surface area contributed by atoms with Gasteiger partial charge in [0.05, 0.1) is 23.5 Å². The monoisotopic (exact) mass is 424 g/mol. The number of Topliss-reactive ketones (excluding diaryl/α,β-unsaturated/α-hetero) is 1. The van der Waals surface area contributed by atoms with E-state index >= 15 is 0 Å². The highest BCUT2D eigenvalue weighted by Crippen LogP contribution is 2.48. The Morgan fingerprint density at radius 3 is 2.58 bits per heavy atom. The van der Waals surface area contributed by atoms with Crippen LogP contribution in [0.15, 0.2) is 36.4 Å². The molecule has 0 aliphatic carbocycles. The fraction of sp³-hybridized carbons (Fsp3) is 0.348. The Morgan fingerprint density at radius 2 is 1.94 bits per heavy atom. The molecule has 0 radical (unpaired) electrons. The standard InChI is InChI=1S/C23H24N2O6/c1-23(2,3)31-22(29)25-10-14(11-26)17-15(25)9-16(19-18(17)20(27)21(28)24-19)30-12-13-7-5-4-6-8-13/h4-9,14,26H,10-12H2,1-3H3,(H,24,27,28). The van der Waals surface area contributed by atoms with E-state index in [1.165, 1.54) is 4.90 Å². The fourth-order valence-corrected chi connectivity index (χ4v) is 3.84. The zero-order chi connectivity index (χ0) is 22.3. The molecule has 2 heterocycles. The number of hydrogen-bond acceptors (Lipinski definition) is 6. The molecule has 0 aromatic heterocycles. The zero-order valence-corrected chi connectivity index (χ0v) is 17.6. The SMILES string of the molecule is CC(C)(C)OC(=O)N1CC(CO)c2c1cc(OCc1ccccc1)c1c2C(=O)C(=O)N1. The zero-order valence-electron chi connectivity index (χ0n) is 17.6. The van der Waals surface area contributed by atoms with E-state index in [-0.39, 0.29) is 36.8 Å². The van der Waals surface area contributed by atoms with Gasteiger partial charge in [-0.1, -0.05) is 30.3 Å². The summed E-state index contributed by atoms with van der Waals surface area (Å²) in [6, 6.07) is 11.1. The summed E-state index contributed by atoms with van der Waals surface area (Å²) in [5.41, 5.74) is 1.47. The first-order valence-electron chi connectivity index (χ1n) is 10.0. The number of ether oxygens (including phenoxy) is 2. The van der Waals surface area contributed by atoms with Crippen LogP contribution < -0.4 is 15.0 Å². The number of nitrogens with one attached hydrogen (secondary N) is 1. The minimum absolute atomic E-state index is 0.136. The van der Waals surface area contributed by atoms with Crippen molar-refractivity contribution >= 4 is 29.2 Å².